The van der Waals surface area contributed by atoms with E-state index in [4.69, 9.17) is 0 Å². The molecule has 0 amide bonds. The first kappa shape index (κ1) is 10.6. The fraction of sp³-hybridized carbons (Fsp3) is 0.545. The zero-order valence-electron chi connectivity index (χ0n) is 8.79. The molecule has 1 heterocycles. The SMILES string of the molecule is CCc1ncccc1SC(C)(C)C. The van der Waals surface area contributed by atoms with E-state index in [2.05, 4.69) is 38.7 Å². The maximum Gasteiger partial charge on any atom is 0.0536 e. The minimum atomic E-state index is 0.271. The van der Waals surface area contributed by atoms with Crippen LogP contribution in [0, 0.1) is 0 Å². The quantitative estimate of drug-likeness (QED) is 0.669. The minimum absolute atomic E-state index is 0.271. The van der Waals surface area contributed by atoms with Crippen LogP contribution >= 0.6 is 11.8 Å². The first-order chi connectivity index (χ1) is 6.03. The normalized spacial score (nSPS) is 11.7. The Balaban J connectivity index is 2.87. The highest BCUT2D eigenvalue weighted by atomic mass is 32.2. The predicted molar refractivity (Wildman–Crippen MR) is 59.2 cm³/mol. The van der Waals surface area contributed by atoms with Crippen LogP contribution in [0.3, 0.4) is 0 Å². The Morgan fingerprint density at radius 3 is 2.62 bits per heavy atom. The van der Waals surface area contributed by atoms with Crippen molar-refractivity contribution in [3.05, 3.63) is 24.0 Å². The van der Waals surface area contributed by atoms with Crippen LogP contribution in [0.15, 0.2) is 23.2 Å². The first-order valence-corrected chi connectivity index (χ1v) is 5.47. The third kappa shape index (κ3) is 3.39. The van der Waals surface area contributed by atoms with Gasteiger partial charge in [0.1, 0.15) is 0 Å². The number of thioether (sulfide) groups is 1. The summed E-state index contributed by atoms with van der Waals surface area (Å²) in [6.07, 6.45) is 2.88. The number of pyridine rings is 1. The van der Waals surface area contributed by atoms with Crippen LogP contribution in [-0.2, 0) is 6.42 Å². The molecule has 2 heteroatoms. The number of rotatable bonds is 2. The van der Waals surface area contributed by atoms with Crippen LogP contribution in [0.1, 0.15) is 33.4 Å². The summed E-state index contributed by atoms with van der Waals surface area (Å²) in [4.78, 5) is 5.68. The molecule has 0 saturated carbocycles. The Labute approximate surface area is 85.0 Å². The topological polar surface area (TPSA) is 12.9 Å². The number of nitrogens with zero attached hydrogens (tertiary/aromatic N) is 1. The molecule has 72 valence electrons. The standard InChI is InChI=1S/C11H17NS/c1-5-9-10(7-6-8-12-9)13-11(2,3)4/h6-8H,5H2,1-4H3. The van der Waals surface area contributed by atoms with Crippen molar-refractivity contribution in [1.29, 1.82) is 0 Å². The Hall–Kier alpha value is -0.500. The smallest absolute Gasteiger partial charge is 0.0536 e. The van der Waals surface area contributed by atoms with Crippen molar-refractivity contribution in [2.75, 3.05) is 0 Å². The third-order valence-electron chi connectivity index (χ3n) is 1.60. The average molecular weight is 195 g/mol. The monoisotopic (exact) mass is 195 g/mol. The zero-order valence-corrected chi connectivity index (χ0v) is 9.61. The highest BCUT2D eigenvalue weighted by molar-refractivity contribution is 8.00. The molecule has 0 unspecified atom stereocenters. The van der Waals surface area contributed by atoms with Gasteiger partial charge in [-0.15, -0.1) is 11.8 Å². The molecule has 1 rings (SSSR count). The van der Waals surface area contributed by atoms with Crippen molar-refractivity contribution in [2.45, 2.75) is 43.8 Å². The molecule has 0 aliphatic carbocycles. The predicted octanol–water partition coefficient (Wildman–Crippen LogP) is 3.53. The van der Waals surface area contributed by atoms with Gasteiger partial charge in [-0.1, -0.05) is 27.7 Å². The highest BCUT2D eigenvalue weighted by Gasteiger charge is 2.14. The van der Waals surface area contributed by atoms with Gasteiger partial charge in [0, 0.05) is 15.8 Å². The number of hydrogen-bond donors (Lipinski definition) is 0. The molecule has 0 bridgehead atoms. The van der Waals surface area contributed by atoms with E-state index >= 15 is 0 Å². The number of aromatic nitrogens is 1. The van der Waals surface area contributed by atoms with Crippen molar-refractivity contribution in [3.63, 3.8) is 0 Å². The van der Waals surface area contributed by atoms with Crippen LogP contribution in [0.25, 0.3) is 0 Å². The molecule has 0 spiro atoms. The Bertz CT molecular complexity index is 276. The van der Waals surface area contributed by atoms with E-state index in [1.165, 1.54) is 10.6 Å². The van der Waals surface area contributed by atoms with Crippen LogP contribution in [0.4, 0.5) is 0 Å². The molecule has 0 atom stereocenters. The van der Waals surface area contributed by atoms with Crippen LogP contribution in [0.5, 0.6) is 0 Å². The molecular weight excluding hydrogens is 178 g/mol. The van der Waals surface area contributed by atoms with Crippen molar-refractivity contribution < 1.29 is 0 Å². The second-order valence-electron chi connectivity index (χ2n) is 4.02. The fourth-order valence-corrected chi connectivity index (χ4v) is 2.23. The summed E-state index contributed by atoms with van der Waals surface area (Å²) in [5.41, 5.74) is 1.21. The van der Waals surface area contributed by atoms with Gasteiger partial charge in [0.2, 0.25) is 0 Å². The molecule has 1 aromatic heterocycles. The van der Waals surface area contributed by atoms with Crippen LogP contribution < -0.4 is 0 Å². The maximum absolute atomic E-state index is 4.36. The first-order valence-electron chi connectivity index (χ1n) is 4.66. The van der Waals surface area contributed by atoms with Gasteiger partial charge in [0.15, 0.2) is 0 Å². The summed E-state index contributed by atoms with van der Waals surface area (Å²) in [6, 6.07) is 4.16. The Kier molecular flexibility index (Phi) is 3.37. The molecule has 0 saturated heterocycles. The molecule has 0 aromatic carbocycles. The van der Waals surface area contributed by atoms with Crippen LogP contribution in [0.2, 0.25) is 0 Å². The summed E-state index contributed by atoms with van der Waals surface area (Å²) < 4.78 is 0.271. The lowest BCUT2D eigenvalue weighted by atomic mass is 10.3. The minimum Gasteiger partial charge on any atom is -0.260 e. The average Bonchev–Trinajstić information content (AvgIpc) is 2.02. The largest absolute Gasteiger partial charge is 0.260 e. The molecule has 1 nitrogen and oxygen atoms in total. The maximum atomic E-state index is 4.36. The van der Waals surface area contributed by atoms with Gasteiger partial charge in [-0.25, -0.2) is 0 Å². The molecular formula is C11H17NS. The van der Waals surface area contributed by atoms with Gasteiger partial charge in [-0.3, -0.25) is 4.98 Å². The molecule has 1 aromatic rings. The van der Waals surface area contributed by atoms with Crippen molar-refractivity contribution in [3.8, 4) is 0 Å². The van der Waals surface area contributed by atoms with Crippen molar-refractivity contribution in [2.24, 2.45) is 0 Å². The Morgan fingerprint density at radius 1 is 1.38 bits per heavy atom. The van der Waals surface area contributed by atoms with Gasteiger partial charge < -0.3 is 0 Å². The van der Waals surface area contributed by atoms with Crippen LogP contribution in [-0.4, -0.2) is 9.73 Å². The molecule has 0 aliphatic heterocycles. The summed E-state index contributed by atoms with van der Waals surface area (Å²) in [6.45, 7) is 8.83. The molecule has 0 aliphatic rings. The third-order valence-corrected chi connectivity index (χ3v) is 2.80. The molecule has 0 fully saturated rings. The van der Waals surface area contributed by atoms with E-state index in [9.17, 15) is 0 Å². The van der Waals surface area contributed by atoms with E-state index in [0.717, 1.165) is 6.42 Å². The zero-order chi connectivity index (χ0) is 9.90. The lowest BCUT2D eigenvalue weighted by Crippen LogP contribution is -2.07. The summed E-state index contributed by atoms with van der Waals surface area (Å²) in [7, 11) is 0. The van der Waals surface area contributed by atoms with E-state index < -0.39 is 0 Å². The summed E-state index contributed by atoms with van der Waals surface area (Å²) in [5.74, 6) is 0. The molecule has 0 radical (unpaired) electrons. The van der Waals surface area contributed by atoms with E-state index in [1.807, 2.05) is 24.0 Å². The fourth-order valence-electron chi connectivity index (χ4n) is 1.11. The highest BCUT2D eigenvalue weighted by Crippen LogP contribution is 2.33. The number of hydrogen-bond acceptors (Lipinski definition) is 2. The molecule has 0 N–H and O–H groups in total. The second kappa shape index (κ2) is 4.14. The van der Waals surface area contributed by atoms with E-state index in [0.29, 0.717) is 0 Å². The Morgan fingerprint density at radius 2 is 2.08 bits per heavy atom. The van der Waals surface area contributed by atoms with Crippen molar-refractivity contribution in [1.82, 2.24) is 4.98 Å². The summed E-state index contributed by atoms with van der Waals surface area (Å²) in [5, 5.41) is 0. The van der Waals surface area contributed by atoms with E-state index in [-0.39, 0.29) is 4.75 Å². The van der Waals surface area contributed by atoms with Gasteiger partial charge >= 0.3 is 0 Å². The lowest BCUT2D eigenvalue weighted by Gasteiger charge is -2.18. The van der Waals surface area contributed by atoms with Gasteiger partial charge in [0.05, 0.1) is 5.69 Å². The number of aryl methyl sites for hydroxylation is 1. The molecule has 13 heavy (non-hydrogen) atoms. The van der Waals surface area contributed by atoms with Gasteiger partial charge in [-0.05, 0) is 18.6 Å². The summed E-state index contributed by atoms with van der Waals surface area (Å²) >= 11 is 1.89. The van der Waals surface area contributed by atoms with Gasteiger partial charge in [-0.2, -0.15) is 0 Å². The van der Waals surface area contributed by atoms with Crippen molar-refractivity contribution >= 4 is 11.8 Å². The van der Waals surface area contributed by atoms with Gasteiger partial charge in [0.25, 0.3) is 0 Å². The second-order valence-corrected chi connectivity index (χ2v) is 5.88. The lowest BCUT2D eigenvalue weighted by molar-refractivity contribution is 0.799. The van der Waals surface area contributed by atoms with E-state index in [1.54, 1.807) is 0 Å².